The fraction of sp³-hybridized carbons (Fsp3) is 0.696. The molecule has 0 aliphatic heterocycles. The van der Waals surface area contributed by atoms with Gasteiger partial charge in [0.25, 0.3) is 0 Å². The number of benzene rings is 1. The molecule has 0 radical (unpaired) electrons. The van der Waals surface area contributed by atoms with Crippen LogP contribution in [0.4, 0.5) is 0 Å². The van der Waals surface area contributed by atoms with E-state index in [1.54, 1.807) is 0 Å². The highest BCUT2D eigenvalue weighted by Crippen LogP contribution is 2.47. The Kier molecular flexibility index (Phi) is 5.80. The first kappa shape index (κ1) is 20.8. The van der Waals surface area contributed by atoms with Crippen molar-refractivity contribution in [2.75, 3.05) is 7.11 Å². The Morgan fingerprint density at radius 1 is 1.04 bits per heavy atom. The van der Waals surface area contributed by atoms with E-state index in [9.17, 15) is 9.90 Å². The number of phenols is 1. The van der Waals surface area contributed by atoms with Gasteiger partial charge in [-0.2, -0.15) is 0 Å². The van der Waals surface area contributed by atoms with Gasteiger partial charge in [0.05, 0.1) is 12.7 Å². The molecule has 1 aliphatic carbocycles. The molecule has 146 valence electrons. The number of phenolic OH excluding ortho intramolecular Hbond substituents is 1. The van der Waals surface area contributed by atoms with E-state index >= 15 is 0 Å². The second kappa shape index (κ2) is 7.25. The molecule has 0 aromatic heterocycles. The van der Waals surface area contributed by atoms with Crippen LogP contribution in [0.25, 0.3) is 0 Å². The van der Waals surface area contributed by atoms with Crippen LogP contribution in [0.3, 0.4) is 0 Å². The standard InChI is InChI=1S/C23H36O3/c1-14-9-11-15(12-10-14)16-13-17(22(2,3)4)20(24)19(23(5,6)7)18(16)21(25)26-8/h13-15,24H,9-12H2,1-8H3. The Balaban J connectivity index is 2.81. The first-order valence-electron chi connectivity index (χ1n) is 9.87. The Bertz CT molecular complexity index is 666. The lowest BCUT2D eigenvalue weighted by Crippen LogP contribution is -2.25. The third-order valence-electron chi connectivity index (χ3n) is 5.73. The normalized spacial score (nSPS) is 21.5. The average molecular weight is 361 g/mol. The molecule has 0 heterocycles. The molecule has 1 saturated carbocycles. The lowest BCUT2D eigenvalue weighted by molar-refractivity contribution is 0.0594. The number of ether oxygens (including phenoxy) is 1. The Labute approximate surface area is 159 Å². The summed E-state index contributed by atoms with van der Waals surface area (Å²) in [7, 11) is 1.43. The van der Waals surface area contributed by atoms with Crippen LogP contribution in [-0.4, -0.2) is 18.2 Å². The molecular formula is C23H36O3. The summed E-state index contributed by atoms with van der Waals surface area (Å²) in [5.41, 5.74) is 2.75. The van der Waals surface area contributed by atoms with Crippen molar-refractivity contribution in [2.24, 2.45) is 5.92 Å². The zero-order valence-corrected chi connectivity index (χ0v) is 17.8. The third-order valence-corrected chi connectivity index (χ3v) is 5.73. The molecule has 0 saturated heterocycles. The van der Waals surface area contributed by atoms with Gasteiger partial charge in [-0.3, -0.25) is 0 Å². The first-order chi connectivity index (χ1) is 11.9. The van der Waals surface area contributed by atoms with Crippen LogP contribution in [0.5, 0.6) is 5.75 Å². The van der Waals surface area contributed by atoms with Gasteiger partial charge in [-0.1, -0.05) is 67.4 Å². The van der Waals surface area contributed by atoms with Gasteiger partial charge in [0.1, 0.15) is 5.75 Å². The van der Waals surface area contributed by atoms with E-state index in [0.29, 0.717) is 11.5 Å². The summed E-state index contributed by atoms with van der Waals surface area (Å²) in [4.78, 5) is 12.8. The van der Waals surface area contributed by atoms with Crippen molar-refractivity contribution in [1.29, 1.82) is 0 Å². The van der Waals surface area contributed by atoms with Gasteiger partial charge in [0.2, 0.25) is 0 Å². The summed E-state index contributed by atoms with van der Waals surface area (Å²) in [6, 6.07) is 2.08. The van der Waals surface area contributed by atoms with Crippen molar-refractivity contribution >= 4 is 5.97 Å². The largest absolute Gasteiger partial charge is 0.507 e. The predicted molar refractivity (Wildman–Crippen MR) is 107 cm³/mol. The van der Waals surface area contributed by atoms with Crippen LogP contribution in [0.1, 0.15) is 107 Å². The van der Waals surface area contributed by atoms with E-state index in [1.807, 2.05) is 20.8 Å². The van der Waals surface area contributed by atoms with E-state index in [2.05, 4.69) is 33.8 Å². The summed E-state index contributed by atoms with van der Waals surface area (Å²) >= 11 is 0. The van der Waals surface area contributed by atoms with Crippen molar-refractivity contribution in [3.05, 3.63) is 28.3 Å². The van der Waals surface area contributed by atoms with E-state index < -0.39 is 0 Å². The summed E-state index contributed by atoms with van der Waals surface area (Å²) in [6.07, 6.45) is 4.54. The quantitative estimate of drug-likeness (QED) is 0.651. The average Bonchev–Trinajstić information content (AvgIpc) is 2.52. The van der Waals surface area contributed by atoms with Gasteiger partial charge >= 0.3 is 5.97 Å². The fourth-order valence-electron chi connectivity index (χ4n) is 4.21. The molecule has 2 rings (SSSR count). The number of hydrogen-bond acceptors (Lipinski definition) is 3. The second-order valence-corrected chi connectivity index (χ2v) is 10.1. The number of carbonyl (C=O) groups excluding carboxylic acids is 1. The number of methoxy groups -OCH3 is 1. The van der Waals surface area contributed by atoms with Gasteiger partial charge in [0.15, 0.2) is 0 Å². The van der Waals surface area contributed by atoms with Crippen LogP contribution < -0.4 is 0 Å². The molecule has 1 aromatic carbocycles. The van der Waals surface area contributed by atoms with E-state index in [-0.39, 0.29) is 22.5 Å². The molecule has 26 heavy (non-hydrogen) atoms. The number of rotatable bonds is 2. The molecule has 0 amide bonds. The van der Waals surface area contributed by atoms with Crippen LogP contribution in [0.15, 0.2) is 6.07 Å². The highest BCUT2D eigenvalue weighted by Gasteiger charge is 2.35. The van der Waals surface area contributed by atoms with Crippen molar-refractivity contribution in [2.45, 2.75) is 90.9 Å². The number of carbonyl (C=O) groups is 1. The molecule has 1 N–H and O–H groups in total. The third kappa shape index (κ3) is 4.07. The fourth-order valence-corrected chi connectivity index (χ4v) is 4.21. The van der Waals surface area contributed by atoms with Crippen molar-refractivity contribution < 1.29 is 14.6 Å². The van der Waals surface area contributed by atoms with Gasteiger partial charge in [0, 0.05) is 5.56 Å². The van der Waals surface area contributed by atoms with E-state index in [0.717, 1.165) is 35.4 Å². The van der Waals surface area contributed by atoms with Crippen LogP contribution in [0.2, 0.25) is 0 Å². The van der Waals surface area contributed by atoms with Crippen LogP contribution in [0, 0.1) is 5.92 Å². The summed E-state index contributed by atoms with van der Waals surface area (Å²) in [5, 5.41) is 11.1. The molecule has 0 bridgehead atoms. The monoisotopic (exact) mass is 360 g/mol. The molecule has 3 heteroatoms. The number of aromatic hydroxyl groups is 1. The second-order valence-electron chi connectivity index (χ2n) is 10.1. The van der Waals surface area contributed by atoms with Crippen molar-refractivity contribution in [3.8, 4) is 5.75 Å². The Morgan fingerprint density at radius 2 is 1.58 bits per heavy atom. The van der Waals surface area contributed by atoms with Crippen LogP contribution >= 0.6 is 0 Å². The molecule has 1 aromatic rings. The number of esters is 1. The lowest BCUT2D eigenvalue weighted by atomic mass is 9.71. The highest BCUT2D eigenvalue weighted by atomic mass is 16.5. The minimum atomic E-state index is -0.356. The summed E-state index contributed by atoms with van der Waals surface area (Å²) in [5.74, 6) is 1.01. The maximum absolute atomic E-state index is 12.8. The van der Waals surface area contributed by atoms with E-state index in [1.165, 1.54) is 20.0 Å². The summed E-state index contributed by atoms with van der Waals surface area (Å²) in [6.45, 7) is 14.8. The SMILES string of the molecule is COC(=O)c1c(C2CCC(C)CC2)cc(C(C)(C)C)c(O)c1C(C)(C)C. The van der Waals surface area contributed by atoms with E-state index in [4.69, 9.17) is 4.74 Å². The minimum absolute atomic E-state index is 0.199. The van der Waals surface area contributed by atoms with Gasteiger partial charge in [-0.15, -0.1) is 0 Å². The molecule has 0 spiro atoms. The number of hydrogen-bond donors (Lipinski definition) is 1. The first-order valence-corrected chi connectivity index (χ1v) is 9.87. The van der Waals surface area contributed by atoms with Crippen molar-refractivity contribution in [3.63, 3.8) is 0 Å². The molecule has 1 fully saturated rings. The van der Waals surface area contributed by atoms with Gasteiger partial charge in [-0.25, -0.2) is 4.79 Å². The molecule has 0 atom stereocenters. The van der Waals surface area contributed by atoms with Crippen LogP contribution in [-0.2, 0) is 15.6 Å². The maximum atomic E-state index is 12.8. The molecule has 1 aliphatic rings. The lowest BCUT2D eigenvalue weighted by Gasteiger charge is -2.34. The molecule has 3 nitrogen and oxygen atoms in total. The maximum Gasteiger partial charge on any atom is 0.338 e. The Hall–Kier alpha value is -1.51. The molecular weight excluding hydrogens is 324 g/mol. The predicted octanol–water partition coefficient (Wildman–Crippen LogP) is 6.07. The van der Waals surface area contributed by atoms with Crippen molar-refractivity contribution in [1.82, 2.24) is 0 Å². The zero-order chi connectivity index (χ0) is 19.9. The van der Waals surface area contributed by atoms with Gasteiger partial charge in [-0.05, 0) is 46.6 Å². The smallest absolute Gasteiger partial charge is 0.338 e. The zero-order valence-electron chi connectivity index (χ0n) is 17.8. The Morgan fingerprint density at radius 3 is 2.00 bits per heavy atom. The topological polar surface area (TPSA) is 46.5 Å². The summed E-state index contributed by atoms with van der Waals surface area (Å²) < 4.78 is 5.16. The van der Waals surface area contributed by atoms with Gasteiger partial charge < -0.3 is 9.84 Å². The minimum Gasteiger partial charge on any atom is -0.507 e. The highest BCUT2D eigenvalue weighted by molar-refractivity contribution is 5.94. The molecule has 0 unspecified atom stereocenters.